The van der Waals surface area contributed by atoms with Crippen molar-refractivity contribution in [3.8, 4) is 0 Å². The number of ketones is 1. The minimum Gasteiger partial charge on any atom is -0.292 e. The van der Waals surface area contributed by atoms with Crippen LogP contribution in [-0.2, 0) is 4.57 Å². The molecule has 1 N–H and O–H groups in total. The van der Waals surface area contributed by atoms with Crippen LogP contribution in [0, 0.1) is 0 Å². The van der Waals surface area contributed by atoms with Crippen molar-refractivity contribution in [1.29, 1.82) is 0 Å². The highest BCUT2D eigenvalue weighted by Gasteiger charge is 2.38. The molecular formula is C22H32N3O2P. The summed E-state index contributed by atoms with van der Waals surface area (Å²) in [6.45, 7) is 10.5. The van der Waals surface area contributed by atoms with Crippen molar-refractivity contribution in [3.63, 3.8) is 0 Å². The van der Waals surface area contributed by atoms with Crippen LogP contribution in [0.4, 0.5) is 0 Å². The summed E-state index contributed by atoms with van der Waals surface area (Å²) in [5.41, 5.74) is 1.42. The van der Waals surface area contributed by atoms with Gasteiger partial charge in [-0.2, -0.15) is 0 Å². The van der Waals surface area contributed by atoms with Gasteiger partial charge in [0.15, 0.2) is 5.78 Å². The summed E-state index contributed by atoms with van der Waals surface area (Å²) in [6, 6.07) is 18.1. The Morgan fingerprint density at radius 2 is 1.25 bits per heavy atom. The van der Waals surface area contributed by atoms with E-state index in [4.69, 9.17) is 0 Å². The number of rotatable bonds is 11. The molecule has 0 radical (unpaired) electrons. The fourth-order valence-corrected chi connectivity index (χ4v) is 6.24. The molecule has 0 aliphatic heterocycles. The molecule has 5 nitrogen and oxygen atoms in total. The highest BCUT2D eigenvalue weighted by atomic mass is 31.2. The second-order valence-electron chi connectivity index (χ2n) is 6.52. The van der Waals surface area contributed by atoms with Crippen LogP contribution in [0.2, 0.25) is 0 Å². The van der Waals surface area contributed by atoms with Gasteiger partial charge in [0.05, 0.1) is 0 Å². The zero-order valence-corrected chi connectivity index (χ0v) is 18.2. The topological polar surface area (TPSA) is 52.7 Å². The summed E-state index contributed by atoms with van der Waals surface area (Å²) in [5.74, 6) is -0.0775. The van der Waals surface area contributed by atoms with E-state index in [1.807, 2.05) is 85.6 Å². The van der Waals surface area contributed by atoms with Crippen LogP contribution < -0.4 is 5.09 Å². The van der Waals surface area contributed by atoms with Gasteiger partial charge in [-0.25, -0.2) is 14.4 Å². The van der Waals surface area contributed by atoms with Gasteiger partial charge in [0.25, 0.3) is 7.59 Å². The van der Waals surface area contributed by atoms with Gasteiger partial charge in [0.1, 0.15) is 6.04 Å². The molecule has 0 spiro atoms. The maximum absolute atomic E-state index is 14.2. The Morgan fingerprint density at radius 3 is 1.68 bits per heavy atom. The lowest BCUT2D eigenvalue weighted by Crippen LogP contribution is -2.41. The predicted molar refractivity (Wildman–Crippen MR) is 117 cm³/mol. The summed E-state index contributed by atoms with van der Waals surface area (Å²) >= 11 is 0. The number of nitrogens with one attached hydrogen (secondary N) is 1. The summed E-state index contributed by atoms with van der Waals surface area (Å²) in [5, 5.41) is 3.31. The molecular weight excluding hydrogens is 369 g/mol. The number of carbonyl (C=O) groups is 1. The van der Waals surface area contributed by atoms with Crippen LogP contribution in [0.5, 0.6) is 0 Å². The third kappa shape index (κ3) is 4.98. The van der Waals surface area contributed by atoms with Crippen LogP contribution in [0.1, 0.15) is 49.7 Å². The SMILES string of the molecule is CCN(CC)P(=O)(NC(C(=O)c1ccccc1)c1ccccc1)N(CC)CC. The Hall–Kier alpha value is -1.78. The Balaban J connectivity index is 2.52. The molecule has 6 heteroatoms. The molecule has 0 fully saturated rings. The Kier molecular flexibility index (Phi) is 8.58. The molecule has 2 rings (SSSR count). The second-order valence-corrected chi connectivity index (χ2v) is 9.00. The number of carbonyl (C=O) groups excluding carboxylic acids is 1. The zero-order chi connectivity index (χ0) is 20.6. The number of hydrogen-bond donors (Lipinski definition) is 1. The molecule has 0 saturated carbocycles. The molecule has 0 bridgehead atoms. The van der Waals surface area contributed by atoms with Crippen molar-refractivity contribution in [3.05, 3.63) is 71.8 Å². The van der Waals surface area contributed by atoms with Gasteiger partial charge in [0, 0.05) is 31.7 Å². The molecule has 152 valence electrons. The van der Waals surface area contributed by atoms with E-state index in [0.29, 0.717) is 31.7 Å². The van der Waals surface area contributed by atoms with E-state index in [-0.39, 0.29) is 5.78 Å². The second kappa shape index (κ2) is 10.7. The predicted octanol–water partition coefficient (Wildman–Crippen LogP) is 4.99. The van der Waals surface area contributed by atoms with E-state index in [0.717, 1.165) is 5.56 Å². The van der Waals surface area contributed by atoms with Crippen LogP contribution in [-0.4, -0.2) is 41.3 Å². The molecule has 0 aliphatic carbocycles. The molecule has 1 atom stereocenters. The fourth-order valence-electron chi connectivity index (χ4n) is 3.42. The zero-order valence-electron chi connectivity index (χ0n) is 17.3. The number of benzene rings is 2. The van der Waals surface area contributed by atoms with E-state index >= 15 is 0 Å². The molecule has 0 saturated heterocycles. The molecule has 0 aliphatic rings. The minimum atomic E-state index is -3.14. The van der Waals surface area contributed by atoms with Crippen molar-refractivity contribution < 1.29 is 9.36 Å². The van der Waals surface area contributed by atoms with Crippen LogP contribution >= 0.6 is 7.59 Å². The van der Waals surface area contributed by atoms with Gasteiger partial charge in [0.2, 0.25) is 0 Å². The molecule has 0 aromatic heterocycles. The number of hydrogen-bond acceptors (Lipinski definition) is 2. The average Bonchev–Trinajstić information content (AvgIpc) is 2.74. The molecule has 2 aromatic carbocycles. The van der Waals surface area contributed by atoms with Gasteiger partial charge in [-0.15, -0.1) is 0 Å². The van der Waals surface area contributed by atoms with E-state index in [9.17, 15) is 9.36 Å². The lowest BCUT2D eigenvalue weighted by Gasteiger charge is -2.39. The number of Topliss-reactive ketones (excluding diaryl/α,β-unsaturated/α-hetero) is 1. The van der Waals surface area contributed by atoms with Crippen LogP contribution in [0.25, 0.3) is 0 Å². The Labute approximate surface area is 169 Å². The van der Waals surface area contributed by atoms with Crippen molar-refractivity contribution in [2.75, 3.05) is 26.2 Å². The lowest BCUT2D eigenvalue weighted by atomic mass is 9.98. The number of nitrogens with zero attached hydrogens (tertiary/aromatic N) is 2. The maximum atomic E-state index is 14.2. The molecule has 2 aromatic rings. The molecule has 1 unspecified atom stereocenters. The lowest BCUT2D eigenvalue weighted by molar-refractivity contribution is 0.0950. The smallest absolute Gasteiger partial charge is 0.285 e. The van der Waals surface area contributed by atoms with Gasteiger partial charge in [-0.05, 0) is 5.56 Å². The normalized spacial score (nSPS) is 13.1. The van der Waals surface area contributed by atoms with Crippen LogP contribution in [0.15, 0.2) is 60.7 Å². The van der Waals surface area contributed by atoms with E-state index in [1.54, 1.807) is 12.1 Å². The van der Waals surface area contributed by atoms with E-state index in [1.165, 1.54) is 0 Å². The van der Waals surface area contributed by atoms with Gasteiger partial charge in [-0.3, -0.25) is 9.36 Å². The monoisotopic (exact) mass is 401 g/mol. The van der Waals surface area contributed by atoms with Crippen molar-refractivity contribution in [1.82, 2.24) is 14.4 Å². The first kappa shape index (κ1) is 22.5. The third-order valence-electron chi connectivity index (χ3n) is 4.98. The first-order chi connectivity index (χ1) is 13.5. The van der Waals surface area contributed by atoms with Crippen LogP contribution in [0.3, 0.4) is 0 Å². The highest BCUT2D eigenvalue weighted by molar-refractivity contribution is 7.57. The van der Waals surface area contributed by atoms with Gasteiger partial charge in [-0.1, -0.05) is 88.4 Å². The van der Waals surface area contributed by atoms with E-state index in [2.05, 4.69) is 5.09 Å². The van der Waals surface area contributed by atoms with Gasteiger partial charge >= 0.3 is 0 Å². The summed E-state index contributed by atoms with van der Waals surface area (Å²) in [7, 11) is -3.14. The summed E-state index contributed by atoms with van der Waals surface area (Å²) in [4.78, 5) is 13.4. The van der Waals surface area contributed by atoms with Crippen molar-refractivity contribution >= 4 is 13.4 Å². The average molecular weight is 401 g/mol. The maximum Gasteiger partial charge on any atom is 0.285 e. The van der Waals surface area contributed by atoms with Gasteiger partial charge < -0.3 is 0 Å². The fraction of sp³-hybridized carbons (Fsp3) is 0.409. The highest BCUT2D eigenvalue weighted by Crippen LogP contribution is 2.51. The summed E-state index contributed by atoms with van der Waals surface area (Å²) in [6.07, 6.45) is 0. The van der Waals surface area contributed by atoms with Crippen molar-refractivity contribution in [2.45, 2.75) is 33.7 Å². The standard InChI is InChI=1S/C22H32N3O2P/c1-5-24(6-2)28(27,25(7-3)8-4)23-21(19-15-11-9-12-16-19)22(26)20-17-13-10-14-18-20/h9-18,21H,5-8H2,1-4H3,(H,23,27). The Bertz CT molecular complexity index is 759. The Morgan fingerprint density at radius 1 is 0.821 bits per heavy atom. The van der Waals surface area contributed by atoms with Crippen molar-refractivity contribution in [2.24, 2.45) is 0 Å². The summed E-state index contributed by atoms with van der Waals surface area (Å²) < 4.78 is 18.1. The molecule has 0 heterocycles. The molecule has 28 heavy (non-hydrogen) atoms. The quantitative estimate of drug-likeness (QED) is 0.425. The van der Waals surface area contributed by atoms with E-state index < -0.39 is 13.6 Å². The molecule has 0 amide bonds. The largest absolute Gasteiger partial charge is 0.292 e. The first-order valence-electron chi connectivity index (χ1n) is 10.0. The third-order valence-corrected chi connectivity index (χ3v) is 8.24. The minimum absolute atomic E-state index is 0.0775. The first-order valence-corrected chi connectivity index (χ1v) is 11.7.